The zero-order valence-corrected chi connectivity index (χ0v) is 16.4. The van der Waals surface area contributed by atoms with Crippen LogP contribution in [0.15, 0.2) is 36.5 Å². The summed E-state index contributed by atoms with van der Waals surface area (Å²) in [5, 5.41) is 0. The number of pyridine rings is 1. The average molecular weight is 409 g/mol. The van der Waals surface area contributed by atoms with Gasteiger partial charge in [-0.15, -0.1) is 6.42 Å². The minimum absolute atomic E-state index is 0.0741. The number of hydrogen-bond donors (Lipinski definition) is 0. The van der Waals surface area contributed by atoms with Gasteiger partial charge in [0.15, 0.2) is 5.60 Å². The highest BCUT2D eigenvalue weighted by Crippen LogP contribution is 2.48. The first kappa shape index (κ1) is 19.0. The summed E-state index contributed by atoms with van der Waals surface area (Å²) >= 11 is 0. The van der Waals surface area contributed by atoms with E-state index in [1.165, 1.54) is 12.1 Å². The SMILES string of the molecule is C#Cc1ccc(N2CCC3(CC2)O[C@@H]2CC[C@@H](c4cc(F)cc(F)c4)N2C3=O)nc1. The number of fused-ring (bicyclic) bond motifs is 1. The number of anilines is 1. The molecule has 4 heterocycles. The van der Waals surface area contributed by atoms with Gasteiger partial charge in [0.2, 0.25) is 0 Å². The van der Waals surface area contributed by atoms with Crippen molar-refractivity contribution in [2.45, 2.75) is 43.6 Å². The summed E-state index contributed by atoms with van der Waals surface area (Å²) in [6.07, 6.45) is 9.09. The van der Waals surface area contributed by atoms with Gasteiger partial charge in [-0.05, 0) is 42.7 Å². The number of aromatic nitrogens is 1. The van der Waals surface area contributed by atoms with E-state index in [0.717, 1.165) is 17.4 Å². The smallest absolute Gasteiger partial charge is 0.257 e. The normalized spacial score (nSPS) is 24.9. The van der Waals surface area contributed by atoms with Crippen molar-refractivity contribution in [3.05, 3.63) is 59.3 Å². The number of benzene rings is 1. The lowest BCUT2D eigenvalue weighted by Gasteiger charge is -2.38. The highest BCUT2D eigenvalue weighted by Gasteiger charge is 2.58. The number of ether oxygens (including phenoxy) is 1. The van der Waals surface area contributed by atoms with Crippen LogP contribution in [0.2, 0.25) is 0 Å². The van der Waals surface area contributed by atoms with Gasteiger partial charge in [0.25, 0.3) is 5.91 Å². The van der Waals surface area contributed by atoms with Crippen molar-refractivity contribution < 1.29 is 18.3 Å². The third kappa shape index (κ3) is 3.03. The van der Waals surface area contributed by atoms with E-state index in [4.69, 9.17) is 11.2 Å². The Labute approximate surface area is 173 Å². The second-order valence-corrected chi connectivity index (χ2v) is 8.11. The second-order valence-electron chi connectivity index (χ2n) is 8.11. The number of halogens is 2. The van der Waals surface area contributed by atoms with Gasteiger partial charge in [-0.2, -0.15) is 0 Å². The maximum Gasteiger partial charge on any atom is 0.257 e. The Balaban J connectivity index is 1.33. The molecule has 7 heteroatoms. The van der Waals surface area contributed by atoms with Crippen LogP contribution < -0.4 is 4.90 Å². The molecular weight excluding hydrogens is 388 g/mol. The van der Waals surface area contributed by atoms with E-state index in [0.29, 0.717) is 44.3 Å². The molecule has 30 heavy (non-hydrogen) atoms. The fraction of sp³-hybridized carbons (Fsp3) is 0.391. The van der Waals surface area contributed by atoms with Gasteiger partial charge < -0.3 is 14.5 Å². The summed E-state index contributed by atoms with van der Waals surface area (Å²) in [4.78, 5) is 21.6. The van der Waals surface area contributed by atoms with Crippen molar-refractivity contribution >= 4 is 11.7 Å². The Morgan fingerprint density at radius 2 is 1.87 bits per heavy atom. The molecule has 1 aromatic heterocycles. The van der Waals surface area contributed by atoms with Gasteiger partial charge in [0.1, 0.15) is 23.7 Å². The molecule has 2 aromatic rings. The highest BCUT2D eigenvalue weighted by atomic mass is 19.1. The van der Waals surface area contributed by atoms with E-state index in [1.807, 2.05) is 12.1 Å². The van der Waals surface area contributed by atoms with Crippen LogP contribution in [0.3, 0.4) is 0 Å². The summed E-state index contributed by atoms with van der Waals surface area (Å²) < 4.78 is 33.7. The molecule has 1 spiro atoms. The fourth-order valence-corrected chi connectivity index (χ4v) is 4.90. The van der Waals surface area contributed by atoms with Crippen LogP contribution in [0.4, 0.5) is 14.6 Å². The predicted octanol–water partition coefficient (Wildman–Crippen LogP) is 3.40. The number of nitrogens with zero attached hydrogens (tertiary/aromatic N) is 3. The van der Waals surface area contributed by atoms with E-state index in [-0.39, 0.29) is 18.2 Å². The molecule has 5 nitrogen and oxygen atoms in total. The number of hydrogen-bond acceptors (Lipinski definition) is 4. The Morgan fingerprint density at radius 1 is 1.13 bits per heavy atom. The van der Waals surface area contributed by atoms with E-state index < -0.39 is 17.2 Å². The molecule has 0 N–H and O–H groups in total. The van der Waals surface area contributed by atoms with Crippen LogP contribution in [0, 0.1) is 24.0 Å². The number of carbonyl (C=O) groups excluding carboxylic acids is 1. The van der Waals surface area contributed by atoms with Gasteiger partial charge in [0, 0.05) is 43.8 Å². The lowest BCUT2D eigenvalue weighted by atomic mass is 9.89. The highest BCUT2D eigenvalue weighted by molar-refractivity contribution is 5.88. The monoisotopic (exact) mass is 409 g/mol. The molecular formula is C23H21F2N3O2. The van der Waals surface area contributed by atoms with Crippen LogP contribution >= 0.6 is 0 Å². The number of carbonyl (C=O) groups is 1. The first-order valence-corrected chi connectivity index (χ1v) is 10.1. The largest absolute Gasteiger partial charge is 0.356 e. The van der Waals surface area contributed by atoms with Crippen molar-refractivity contribution in [3.63, 3.8) is 0 Å². The Kier molecular flexibility index (Phi) is 4.48. The molecule has 5 rings (SSSR count). The minimum atomic E-state index is -0.871. The third-order valence-corrected chi connectivity index (χ3v) is 6.40. The molecule has 2 atom stereocenters. The Morgan fingerprint density at radius 3 is 2.50 bits per heavy atom. The minimum Gasteiger partial charge on any atom is -0.356 e. The van der Waals surface area contributed by atoms with Gasteiger partial charge in [-0.1, -0.05) is 5.92 Å². The lowest BCUT2D eigenvalue weighted by molar-refractivity contribution is -0.140. The van der Waals surface area contributed by atoms with Gasteiger partial charge in [-0.25, -0.2) is 13.8 Å². The van der Waals surface area contributed by atoms with Crippen molar-refractivity contribution in [2.24, 2.45) is 0 Å². The van der Waals surface area contributed by atoms with Crippen LogP contribution in [-0.2, 0) is 9.53 Å². The Bertz CT molecular complexity index is 1010. The van der Waals surface area contributed by atoms with Crippen LogP contribution in [0.5, 0.6) is 0 Å². The van der Waals surface area contributed by atoms with Gasteiger partial charge in [0.05, 0.1) is 6.04 Å². The van der Waals surface area contributed by atoms with Gasteiger partial charge in [-0.3, -0.25) is 4.79 Å². The molecule has 3 saturated heterocycles. The summed E-state index contributed by atoms with van der Waals surface area (Å²) in [5.74, 6) is 2.04. The molecule has 0 aliphatic carbocycles. The van der Waals surface area contributed by atoms with Crippen molar-refractivity contribution in [1.29, 1.82) is 0 Å². The Hall–Kier alpha value is -2.98. The number of piperidine rings is 1. The quantitative estimate of drug-likeness (QED) is 0.714. The summed E-state index contributed by atoms with van der Waals surface area (Å²) in [6, 6.07) is 6.84. The van der Waals surface area contributed by atoms with E-state index in [9.17, 15) is 13.6 Å². The maximum atomic E-state index is 13.7. The summed E-state index contributed by atoms with van der Waals surface area (Å²) in [7, 11) is 0. The van der Waals surface area contributed by atoms with Crippen LogP contribution in [-0.4, -0.2) is 40.7 Å². The van der Waals surface area contributed by atoms with Gasteiger partial charge >= 0.3 is 0 Å². The molecule has 3 fully saturated rings. The summed E-state index contributed by atoms with van der Waals surface area (Å²) in [6.45, 7) is 1.27. The number of amides is 1. The molecule has 3 aliphatic rings. The lowest BCUT2D eigenvalue weighted by Crippen LogP contribution is -2.50. The zero-order chi connectivity index (χ0) is 20.9. The third-order valence-electron chi connectivity index (χ3n) is 6.40. The van der Waals surface area contributed by atoms with Crippen molar-refractivity contribution in [3.8, 4) is 12.3 Å². The molecule has 0 bridgehead atoms. The van der Waals surface area contributed by atoms with Crippen molar-refractivity contribution in [1.82, 2.24) is 9.88 Å². The standard InChI is InChI=1S/C23H21F2N3O2/c1-2-15-3-5-20(26-14-15)27-9-7-23(8-10-27)22(29)28-19(4-6-21(28)30-23)16-11-17(24)13-18(25)12-16/h1,3,5,11-14,19,21H,4,6-10H2/t19-,21+/m0/s1. The zero-order valence-electron chi connectivity index (χ0n) is 16.4. The van der Waals surface area contributed by atoms with Crippen LogP contribution in [0.1, 0.15) is 42.9 Å². The average Bonchev–Trinajstić information content (AvgIpc) is 3.26. The molecule has 154 valence electrons. The first-order valence-electron chi connectivity index (χ1n) is 10.1. The molecule has 0 unspecified atom stereocenters. The first-order chi connectivity index (χ1) is 14.5. The predicted molar refractivity (Wildman–Crippen MR) is 106 cm³/mol. The second kappa shape index (κ2) is 7.06. The molecule has 0 radical (unpaired) electrons. The molecule has 1 amide bonds. The topological polar surface area (TPSA) is 45.7 Å². The maximum absolute atomic E-state index is 13.7. The molecule has 0 saturated carbocycles. The van der Waals surface area contributed by atoms with E-state index >= 15 is 0 Å². The summed E-state index contributed by atoms with van der Waals surface area (Å²) in [5.41, 5.74) is 0.339. The van der Waals surface area contributed by atoms with Crippen molar-refractivity contribution in [2.75, 3.05) is 18.0 Å². The number of rotatable bonds is 2. The van der Waals surface area contributed by atoms with E-state index in [2.05, 4.69) is 15.8 Å². The van der Waals surface area contributed by atoms with Crippen LogP contribution in [0.25, 0.3) is 0 Å². The fourth-order valence-electron chi connectivity index (χ4n) is 4.90. The molecule has 3 aliphatic heterocycles. The van der Waals surface area contributed by atoms with E-state index in [1.54, 1.807) is 11.1 Å². The molecule has 1 aromatic carbocycles. The number of terminal acetylenes is 1.